The molecule has 0 saturated heterocycles. The molecule has 0 bridgehead atoms. The van der Waals surface area contributed by atoms with Crippen LogP contribution in [0.2, 0.25) is 0 Å². The standard InChI is InChI=1S/C15H20BrN3O2/c1-4-19-12(15(16)10(2)18-19)9-21-14-7-11(8-17)5-6-13(14)20-3/h5-7H,4,8-9,17H2,1-3H3. The molecule has 1 aromatic heterocycles. The van der Waals surface area contributed by atoms with Crippen molar-refractivity contribution < 1.29 is 9.47 Å². The van der Waals surface area contributed by atoms with Crippen molar-refractivity contribution in [1.29, 1.82) is 0 Å². The molecule has 1 heterocycles. The molecule has 0 fully saturated rings. The van der Waals surface area contributed by atoms with Crippen LogP contribution in [0.15, 0.2) is 22.7 Å². The van der Waals surface area contributed by atoms with Gasteiger partial charge in [-0.25, -0.2) is 0 Å². The third-order valence-electron chi connectivity index (χ3n) is 3.28. The fraction of sp³-hybridized carbons (Fsp3) is 0.400. The summed E-state index contributed by atoms with van der Waals surface area (Å²) in [5, 5.41) is 4.46. The second-order valence-corrected chi connectivity index (χ2v) is 5.43. The minimum atomic E-state index is 0.416. The molecule has 21 heavy (non-hydrogen) atoms. The molecule has 2 rings (SSSR count). The maximum Gasteiger partial charge on any atom is 0.162 e. The quantitative estimate of drug-likeness (QED) is 0.866. The minimum absolute atomic E-state index is 0.416. The summed E-state index contributed by atoms with van der Waals surface area (Å²) >= 11 is 3.56. The monoisotopic (exact) mass is 353 g/mol. The molecule has 0 saturated carbocycles. The van der Waals surface area contributed by atoms with E-state index in [1.54, 1.807) is 7.11 Å². The lowest BCUT2D eigenvalue weighted by atomic mass is 10.2. The van der Waals surface area contributed by atoms with E-state index in [4.69, 9.17) is 15.2 Å². The van der Waals surface area contributed by atoms with E-state index < -0.39 is 0 Å². The minimum Gasteiger partial charge on any atom is -0.493 e. The van der Waals surface area contributed by atoms with Crippen LogP contribution in [0.25, 0.3) is 0 Å². The Morgan fingerprint density at radius 3 is 2.71 bits per heavy atom. The molecule has 0 atom stereocenters. The third kappa shape index (κ3) is 3.39. The highest BCUT2D eigenvalue weighted by molar-refractivity contribution is 9.10. The zero-order valence-corrected chi connectivity index (χ0v) is 14.1. The summed E-state index contributed by atoms with van der Waals surface area (Å²) in [4.78, 5) is 0. The van der Waals surface area contributed by atoms with E-state index in [-0.39, 0.29) is 0 Å². The van der Waals surface area contributed by atoms with Crippen LogP contribution < -0.4 is 15.2 Å². The molecule has 0 unspecified atom stereocenters. The first-order chi connectivity index (χ1) is 10.1. The van der Waals surface area contributed by atoms with Crippen LogP contribution >= 0.6 is 15.9 Å². The lowest BCUT2D eigenvalue weighted by Crippen LogP contribution is -2.07. The van der Waals surface area contributed by atoms with Crippen molar-refractivity contribution in [3.8, 4) is 11.5 Å². The topological polar surface area (TPSA) is 62.3 Å². The summed E-state index contributed by atoms with van der Waals surface area (Å²) in [6, 6.07) is 5.71. The van der Waals surface area contributed by atoms with Gasteiger partial charge in [0.05, 0.1) is 23.0 Å². The fourth-order valence-electron chi connectivity index (χ4n) is 2.11. The maximum atomic E-state index is 5.92. The number of nitrogens with two attached hydrogens (primary N) is 1. The van der Waals surface area contributed by atoms with Crippen molar-refractivity contribution in [2.75, 3.05) is 7.11 Å². The summed E-state index contributed by atoms with van der Waals surface area (Å²) in [7, 11) is 1.63. The molecule has 0 radical (unpaired) electrons. The SMILES string of the molecule is CCn1nc(C)c(Br)c1COc1cc(CN)ccc1OC. The van der Waals surface area contributed by atoms with Crippen LogP contribution in [-0.2, 0) is 19.7 Å². The largest absolute Gasteiger partial charge is 0.493 e. The van der Waals surface area contributed by atoms with Gasteiger partial charge in [-0.2, -0.15) is 5.10 Å². The first kappa shape index (κ1) is 15.9. The summed E-state index contributed by atoms with van der Waals surface area (Å²) < 4.78 is 14.2. The number of ether oxygens (including phenoxy) is 2. The zero-order chi connectivity index (χ0) is 15.4. The molecular weight excluding hydrogens is 334 g/mol. The Bertz CT molecular complexity index is 626. The molecule has 0 aliphatic heterocycles. The van der Waals surface area contributed by atoms with Crippen LogP contribution in [-0.4, -0.2) is 16.9 Å². The highest BCUT2D eigenvalue weighted by Gasteiger charge is 2.14. The summed E-state index contributed by atoms with van der Waals surface area (Å²) in [6.07, 6.45) is 0. The number of aromatic nitrogens is 2. The normalized spacial score (nSPS) is 10.7. The number of nitrogens with zero attached hydrogens (tertiary/aromatic N) is 2. The van der Waals surface area contributed by atoms with Crippen molar-refractivity contribution >= 4 is 15.9 Å². The molecule has 6 heteroatoms. The second kappa shape index (κ2) is 6.95. The van der Waals surface area contributed by atoms with Gasteiger partial charge in [0.15, 0.2) is 11.5 Å². The molecular formula is C15H20BrN3O2. The van der Waals surface area contributed by atoms with Crippen LogP contribution in [0.5, 0.6) is 11.5 Å². The Morgan fingerprint density at radius 1 is 1.33 bits per heavy atom. The van der Waals surface area contributed by atoms with Gasteiger partial charge < -0.3 is 15.2 Å². The summed E-state index contributed by atoms with van der Waals surface area (Å²) in [5.41, 5.74) is 8.64. The van der Waals surface area contributed by atoms with E-state index in [0.29, 0.717) is 24.7 Å². The average Bonchev–Trinajstić information content (AvgIpc) is 2.79. The highest BCUT2D eigenvalue weighted by atomic mass is 79.9. The Hall–Kier alpha value is -1.53. The van der Waals surface area contributed by atoms with Crippen molar-refractivity contribution in [3.63, 3.8) is 0 Å². The molecule has 1 aromatic carbocycles. The maximum absolute atomic E-state index is 5.92. The molecule has 0 aliphatic rings. The van der Waals surface area contributed by atoms with E-state index in [0.717, 1.165) is 28.0 Å². The molecule has 5 nitrogen and oxygen atoms in total. The first-order valence-corrected chi connectivity index (χ1v) is 7.61. The summed E-state index contributed by atoms with van der Waals surface area (Å²) in [5.74, 6) is 1.39. The lowest BCUT2D eigenvalue weighted by Gasteiger charge is -2.13. The van der Waals surface area contributed by atoms with E-state index in [2.05, 4.69) is 28.0 Å². The predicted molar refractivity (Wildman–Crippen MR) is 85.6 cm³/mol. The van der Waals surface area contributed by atoms with Crippen LogP contribution in [0.1, 0.15) is 23.9 Å². The first-order valence-electron chi connectivity index (χ1n) is 6.82. The molecule has 114 valence electrons. The number of methoxy groups -OCH3 is 1. The van der Waals surface area contributed by atoms with Gasteiger partial charge in [-0.15, -0.1) is 0 Å². The van der Waals surface area contributed by atoms with Crippen molar-refractivity contribution in [1.82, 2.24) is 9.78 Å². The van der Waals surface area contributed by atoms with Crippen molar-refractivity contribution in [3.05, 3.63) is 39.6 Å². The van der Waals surface area contributed by atoms with Crippen molar-refractivity contribution in [2.24, 2.45) is 5.73 Å². The lowest BCUT2D eigenvalue weighted by molar-refractivity contribution is 0.273. The van der Waals surface area contributed by atoms with E-state index in [9.17, 15) is 0 Å². The Kier molecular flexibility index (Phi) is 5.25. The van der Waals surface area contributed by atoms with Crippen LogP contribution in [0, 0.1) is 6.92 Å². The average molecular weight is 354 g/mol. The Balaban J connectivity index is 2.23. The van der Waals surface area contributed by atoms with Gasteiger partial charge in [0.25, 0.3) is 0 Å². The number of hydrogen-bond donors (Lipinski definition) is 1. The van der Waals surface area contributed by atoms with Crippen LogP contribution in [0.4, 0.5) is 0 Å². The smallest absolute Gasteiger partial charge is 0.162 e. The number of halogens is 1. The van der Waals surface area contributed by atoms with Crippen LogP contribution in [0.3, 0.4) is 0 Å². The predicted octanol–water partition coefficient (Wildman–Crippen LogP) is 3.02. The molecule has 2 aromatic rings. The summed E-state index contributed by atoms with van der Waals surface area (Å²) in [6.45, 7) is 5.70. The fourth-order valence-corrected chi connectivity index (χ4v) is 2.51. The Morgan fingerprint density at radius 2 is 2.10 bits per heavy atom. The number of rotatable bonds is 6. The van der Waals surface area contributed by atoms with Gasteiger partial charge in [-0.05, 0) is 47.5 Å². The Labute approximate surface area is 133 Å². The van der Waals surface area contributed by atoms with E-state index in [1.165, 1.54) is 0 Å². The van der Waals surface area contributed by atoms with E-state index in [1.807, 2.05) is 29.8 Å². The van der Waals surface area contributed by atoms with E-state index >= 15 is 0 Å². The number of aryl methyl sites for hydroxylation is 2. The zero-order valence-electron chi connectivity index (χ0n) is 12.5. The van der Waals surface area contributed by atoms with Gasteiger partial charge in [-0.1, -0.05) is 6.07 Å². The highest BCUT2D eigenvalue weighted by Crippen LogP contribution is 2.30. The molecule has 2 N–H and O–H groups in total. The van der Waals surface area contributed by atoms with Crippen molar-refractivity contribution in [2.45, 2.75) is 33.5 Å². The molecule has 0 aliphatic carbocycles. The third-order valence-corrected chi connectivity index (χ3v) is 4.31. The second-order valence-electron chi connectivity index (χ2n) is 4.64. The van der Waals surface area contributed by atoms with Gasteiger partial charge in [0.1, 0.15) is 6.61 Å². The van der Waals surface area contributed by atoms with Gasteiger partial charge in [-0.3, -0.25) is 4.68 Å². The van der Waals surface area contributed by atoms with Gasteiger partial charge >= 0.3 is 0 Å². The number of hydrogen-bond acceptors (Lipinski definition) is 4. The number of benzene rings is 1. The van der Waals surface area contributed by atoms with Gasteiger partial charge in [0, 0.05) is 13.1 Å². The van der Waals surface area contributed by atoms with Gasteiger partial charge in [0.2, 0.25) is 0 Å². The molecule has 0 spiro atoms. The molecule has 0 amide bonds.